The number of methoxy groups -OCH3 is 1. The fraction of sp³-hybridized carbons (Fsp3) is 0.692. The Morgan fingerprint density at radius 1 is 0.933 bits per heavy atom. The Hall–Kier alpha value is -1.36. The summed E-state index contributed by atoms with van der Waals surface area (Å²) in [6.07, 6.45) is 9.80. The Morgan fingerprint density at radius 3 is 2.37 bits per heavy atom. The van der Waals surface area contributed by atoms with E-state index in [4.69, 9.17) is 4.74 Å². The molecule has 4 aliphatic carbocycles. The van der Waals surface area contributed by atoms with Crippen LogP contribution in [0, 0.1) is 28.6 Å². The molecule has 4 heteroatoms. The minimum Gasteiger partial charge on any atom is -0.497 e. The molecule has 0 radical (unpaired) electrons. The van der Waals surface area contributed by atoms with E-state index in [-0.39, 0.29) is 17.4 Å². The fourth-order valence-corrected chi connectivity index (χ4v) is 8.11. The van der Waals surface area contributed by atoms with Crippen molar-refractivity contribution in [1.29, 1.82) is 0 Å². The molecule has 30 heavy (non-hydrogen) atoms. The fourth-order valence-electron chi connectivity index (χ4n) is 8.11. The van der Waals surface area contributed by atoms with Crippen LogP contribution < -0.4 is 4.74 Å². The number of rotatable bonds is 2. The molecule has 0 saturated heterocycles. The highest BCUT2D eigenvalue weighted by molar-refractivity contribution is 5.36. The topological polar surface area (TPSA) is 69.9 Å². The second-order valence-corrected chi connectivity index (χ2v) is 10.9. The van der Waals surface area contributed by atoms with Crippen LogP contribution in [0.1, 0.15) is 64.4 Å². The van der Waals surface area contributed by atoms with Gasteiger partial charge in [-0.25, -0.2) is 0 Å². The highest BCUT2D eigenvalue weighted by Gasteiger charge is 2.71. The van der Waals surface area contributed by atoms with E-state index in [9.17, 15) is 15.3 Å². The van der Waals surface area contributed by atoms with E-state index < -0.39 is 16.6 Å². The van der Waals surface area contributed by atoms with Crippen molar-refractivity contribution in [3.05, 3.63) is 42.0 Å². The van der Waals surface area contributed by atoms with Gasteiger partial charge in [-0.3, -0.25) is 0 Å². The minimum absolute atomic E-state index is 0.0278. The highest BCUT2D eigenvalue weighted by Crippen LogP contribution is 2.71. The van der Waals surface area contributed by atoms with Gasteiger partial charge < -0.3 is 20.1 Å². The van der Waals surface area contributed by atoms with Crippen LogP contribution in [0.2, 0.25) is 0 Å². The molecule has 0 amide bonds. The standard InChI is InChI=1S/C26H36O4/c1-23-12-10-19(27)16-18(23)6-9-22-21(23)11-13-24(2)25(28,14-15-26(22,24)29)17-4-7-20(30-3)8-5-17/h4-5,7-8,10,12,18-19,21-22,27-29H,6,9,11,13-16H2,1-3H3/t18-,19-,21-,22+,23-,24+,25-,26-/m0/s1. The summed E-state index contributed by atoms with van der Waals surface area (Å²) in [6, 6.07) is 7.74. The van der Waals surface area contributed by atoms with Gasteiger partial charge in [0.05, 0.1) is 24.4 Å². The van der Waals surface area contributed by atoms with E-state index >= 15 is 0 Å². The molecule has 4 nitrogen and oxygen atoms in total. The SMILES string of the molecule is COc1ccc([C@@]2(O)CC[C@]3(O)[C@@H]4CC[C@H]5C[C@@H](O)C=C[C@]5(C)[C@H]4CC[C@]23C)cc1. The number of hydrogen-bond donors (Lipinski definition) is 3. The lowest BCUT2D eigenvalue weighted by atomic mass is 9.43. The van der Waals surface area contributed by atoms with Crippen LogP contribution in [0.25, 0.3) is 0 Å². The van der Waals surface area contributed by atoms with Gasteiger partial charge in [0.2, 0.25) is 0 Å². The van der Waals surface area contributed by atoms with Crippen LogP contribution >= 0.6 is 0 Å². The summed E-state index contributed by atoms with van der Waals surface area (Å²) < 4.78 is 5.30. The zero-order chi connectivity index (χ0) is 21.4. The van der Waals surface area contributed by atoms with Gasteiger partial charge in [-0.2, -0.15) is 0 Å². The normalized spacial score (nSPS) is 49.8. The number of aliphatic hydroxyl groups excluding tert-OH is 1. The molecule has 3 fully saturated rings. The summed E-state index contributed by atoms with van der Waals surface area (Å²) >= 11 is 0. The molecular formula is C26H36O4. The first-order chi connectivity index (χ1) is 14.2. The monoisotopic (exact) mass is 412 g/mol. The van der Waals surface area contributed by atoms with Crippen molar-refractivity contribution in [3.8, 4) is 5.75 Å². The molecule has 0 spiro atoms. The van der Waals surface area contributed by atoms with Crippen molar-refractivity contribution in [1.82, 2.24) is 0 Å². The molecule has 0 unspecified atom stereocenters. The number of benzene rings is 1. The lowest BCUT2D eigenvalue weighted by Gasteiger charge is -2.63. The third-order valence-corrected chi connectivity index (χ3v) is 10.1. The quantitative estimate of drug-likeness (QED) is 0.638. The number of hydrogen-bond acceptors (Lipinski definition) is 4. The summed E-state index contributed by atoms with van der Waals surface area (Å²) in [4.78, 5) is 0. The van der Waals surface area contributed by atoms with Crippen molar-refractivity contribution in [2.24, 2.45) is 28.6 Å². The molecule has 3 N–H and O–H groups in total. The molecule has 164 valence electrons. The Balaban J connectivity index is 1.52. The van der Waals surface area contributed by atoms with Crippen LogP contribution in [0.4, 0.5) is 0 Å². The van der Waals surface area contributed by atoms with Gasteiger partial charge in [0.15, 0.2) is 0 Å². The zero-order valence-corrected chi connectivity index (χ0v) is 18.5. The van der Waals surface area contributed by atoms with Gasteiger partial charge in [0.25, 0.3) is 0 Å². The van der Waals surface area contributed by atoms with Crippen LogP contribution in [-0.2, 0) is 5.60 Å². The van der Waals surface area contributed by atoms with Crippen LogP contribution in [0.3, 0.4) is 0 Å². The third kappa shape index (κ3) is 2.44. The van der Waals surface area contributed by atoms with Gasteiger partial charge >= 0.3 is 0 Å². The molecule has 5 rings (SSSR count). The summed E-state index contributed by atoms with van der Waals surface area (Å²) in [7, 11) is 1.65. The van der Waals surface area contributed by atoms with E-state index in [0.717, 1.165) is 43.4 Å². The lowest BCUT2D eigenvalue weighted by molar-refractivity contribution is -0.229. The zero-order valence-electron chi connectivity index (χ0n) is 18.5. The molecule has 0 aliphatic heterocycles. The van der Waals surface area contributed by atoms with E-state index in [0.29, 0.717) is 24.7 Å². The van der Waals surface area contributed by atoms with E-state index in [1.807, 2.05) is 30.3 Å². The van der Waals surface area contributed by atoms with E-state index in [2.05, 4.69) is 19.9 Å². The predicted molar refractivity (Wildman–Crippen MR) is 116 cm³/mol. The lowest BCUT2D eigenvalue weighted by Crippen LogP contribution is -2.64. The van der Waals surface area contributed by atoms with Gasteiger partial charge in [-0.1, -0.05) is 38.1 Å². The second kappa shape index (κ2) is 6.57. The Morgan fingerprint density at radius 2 is 1.67 bits per heavy atom. The molecule has 4 aliphatic rings. The van der Waals surface area contributed by atoms with Crippen molar-refractivity contribution in [3.63, 3.8) is 0 Å². The van der Waals surface area contributed by atoms with Crippen molar-refractivity contribution in [2.75, 3.05) is 7.11 Å². The molecule has 3 saturated carbocycles. The van der Waals surface area contributed by atoms with Crippen molar-refractivity contribution in [2.45, 2.75) is 76.1 Å². The number of fused-ring (bicyclic) bond motifs is 5. The largest absolute Gasteiger partial charge is 0.497 e. The van der Waals surface area contributed by atoms with Gasteiger partial charge in [-0.15, -0.1) is 0 Å². The Bertz CT molecular complexity index is 849. The van der Waals surface area contributed by atoms with Gasteiger partial charge in [-0.05, 0) is 85.8 Å². The maximum Gasteiger partial charge on any atom is 0.118 e. The molecular weight excluding hydrogens is 376 g/mol. The first-order valence-corrected chi connectivity index (χ1v) is 11.6. The summed E-state index contributed by atoms with van der Waals surface area (Å²) in [5, 5.41) is 34.4. The number of allylic oxidation sites excluding steroid dienone is 1. The molecule has 0 aromatic heterocycles. The molecule has 0 heterocycles. The predicted octanol–water partition coefficient (Wildman–Crippen LogP) is 4.18. The summed E-state index contributed by atoms with van der Waals surface area (Å²) in [5.41, 5.74) is -1.56. The van der Waals surface area contributed by atoms with Crippen LogP contribution in [0.15, 0.2) is 36.4 Å². The van der Waals surface area contributed by atoms with E-state index in [1.54, 1.807) is 7.11 Å². The first kappa shape index (κ1) is 20.5. The van der Waals surface area contributed by atoms with Crippen LogP contribution in [-0.4, -0.2) is 34.1 Å². The summed E-state index contributed by atoms with van der Waals surface area (Å²) in [5.74, 6) is 1.84. The molecule has 1 aromatic rings. The minimum atomic E-state index is -1.03. The Kier molecular flexibility index (Phi) is 4.50. The average Bonchev–Trinajstić information content (AvgIpc) is 2.96. The van der Waals surface area contributed by atoms with E-state index in [1.165, 1.54) is 0 Å². The average molecular weight is 413 g/mol. The van der Waals surface area contributed by atoms with Crippen molar-refractivity contribution < 1.29 is 20.1 Å². The van der Waals surface area contributed by atoms with Gasteiger partial charge in [0, 0.05) is 5.41 Å². The first-order valence-electron chi connectivity index (χ1n) is 11.6. The molecule has 1 aromatic carbocycles. The maximum absolute atomic E-state index is 12.3. The Labute approximate surface area is 180 Å². The molecule has 8 atom stereocenters. The number of ether oxygens (including phenoxy) is 1. The van der Waals surface area contributed by atoms with Gasteiger partial charge in [0.1, 0.15) is 5.75 Å². The molecule has 0 bridgehead atoms. The third-order valence-electron chi connectivity index (χ3n) is 10.1. The van der Waals surface area contributed by atoms with Crippen molar-refractivity contribution >= 4 is 0 Å². The number of aliphatic hydroxyl groups is 3. The highest BCUT2D eigenvalue weighted by atomic mass is 16.5. The summed E-state index contributed by atoms with van der Waals surface area (Å²) in [6.45, 7) is 4.46. The maximum atomic E-state index is 12.3. The smallest absolute Gasteiger partial charge is 0.118 e. The second-order valence-electron chi connectivity index (χ2n) is 10.9. The van der Waals surface area contributed by atoms with Crippen LogP contribution in [0.5, 0.6) is 5.75 Å².